The lowest BCUT2D eigenvalue weighted by Gasteiger charge is -2.07. The molecule has 0 saturated carbocycles. The van der Waals surface area contributed by atoms with Crippen molar-refractivity contribution in [2.75, 3.05) is 0 Å². The van der Waals surface area contributed by atoms with Crippen molar-refractivity contribution in [2.45, 2.75) is 20.8 Å². The second kappa shape index (κ2) is 4.88. The molecule has 0 N–H and O–H groups in total. The predicted molar refractivity (Wildman–Crippen MR) is 84.2 cm³/mol. The number of hydrogen-bond donors (Lipinski definition) is 0. The lowest BCUT2D eigenvalue weighted by atomic mass is 10.1. The minimum absolute atomic E-state index is 0.506. The zero-order valence-corrected chi connectivity index (χ0v) is 12.5. The zero-order chi connectivity index (χ0) is 14.3. The van der Waals surface area contributed by atoms with Crippen LogP contribution >= 0.6 is 11.6 Å². The lowest BCUT2D eigenvalue weighted by Crippen LogP contribution is -1.93. The maximum atomic E-state index is 6.30. The highest BCUT2D eigenvalue weighted by Gasteiger charge is 2.08. The fourth-order valence-corrected chi connectivity index (χ4v) is 2.45. The van der Waals surface area contributed by atoms with Crippen LogP contribution in [0.5, 0.6) is 0 Å². The summed E-state index contributed by atoms with van der Waals surface area (Å²) >= 11 is 6.30. The molecule has 0 aliphatic heterocycles. The normalized spacial score (nSPS) is 11.0. The molecule has 3 aromatic rings. The first-order valence-corrected chi connectivity index (χ1v) is 6.94. The average molecular weight is 283 g/mol. The molecular formula is C17H15ClN2. The Balaban J connectivity index is 2.21. The molecular weight excluding hydrogens is 268 g/mol. The molecule has 0 amide bonds. The summed E-state index contributed by atoms with van der Waals surface area (Å²) in [6, 6.07) is 12.3. The average Bonchev–Trinajstić information content (AvgIpc) is 2.42. The molecule has 0 saturated heterocycles. The predicted octanol–water partition coefficient (Wildman–Crippen LogP) is 4.88. The fourth-order valence-electron chi connectivity index (χ4n) is 2.21. The van der Waals surface area contributed by atoms with Gasteiger partial charge in [-0.25, -0.2) is 9.97 Å². The molecule has 100 valence electrons. The number of fused-ring (bicyclic) bond motifs is 1. The van der Waals surface area contributed by atoms with Crippen LogP contribution in [-0.2, 0) is 0 Å². The van der Waals surface area contributed by atoms with Crippen LogP contribution in [-0.4, -0.2) is 9.97 Å². The monoisotopic (exact) mass is 282 g/mol. The molecule has 0 spiro atoms. The number of aromatic nitrogens is 2. The highest BCUT2D eigenvalue weighted by molar-refractivity contribution is 6.34. The quantitative estimate of drug-likeness (QED) is 0.595. The van der Waals surface area contributed by atoms with Crippen molar-refractivity contribution in [1.82, 2.24) is 9.97 Å². The van der Waals surface area contributed by atoms with Crippen LogP contribution in [0.1, 0.15) is 16.7 Å². The number of rotatable bonds is 1. The fraction of sp³-hybridized carbons (Fsp3) is 0.176. The Bertz CT molecular complexity index is 809. The van der Waals surface area contributed by atoms with Crippen molar-refractivity contribution in [2.24, 2.45) is 0 Å². The van der Waals surface area contributed by atoms with Gasteiger partial charge in [-0.1, -0.05) is 35.4 Å². The third-order valence-corrected chi connectivity index (χ3v) is 3.86. The Hall–Kier alpha value is -1.93. The number of hydrogen-bond acceptors (Lipinski definition) is 2. The van der Waals surface area contributed by atoms with Gasteiger partial charge in [-0.05, 0) is 50.1 Å². The van der Waals surface area contributed by atoms with Gasteiger partial charge in [-0.3, -0.25) is 0 Å². The third kappa shape index (κ3) is 2.27. The molecule has 2 nitrogen and oxygen atoms in total. The topological polar surface area (TPSA) is 25.8 Å². The van der Waals surface area contributed by atoms with Gasteiger partial charge in [0.1, 0.15) is 5.15 Å². The van der Waals surface area contributed by atoms with E-state index in [-0.39, 0.29) is 0 Å². The minimum Gasteiger partial charge on any atom is -0.228 e. The molecule has 0 radical (unpaired) electrons. The van der Waals surface area contributed by atoms with Crippen molar-refractivity contribution in [3.05, 3.63) is 58.2 Å². The summed E-state index contributed by atoms with van der Waals surface area (Å²) in [5.74, 6) is 0.675. The summed E-state index contributed by atoms with van der Waals surface area (Å²) in [7, 11) is 0. The molecule has 0 bridgehead atoms. The maximum Gasteiger partial charge on any atom is 0.161 e. The Morgan fingerprint density at radius 1 is 0.850 bits per heavy atom. The first-order valence-electron chi connectivity index (χ1n) is 6.56. The van der Waals surface area contributed by atoms with Gasteiger partial charge >= 0.3 is 0 Å². The second-order valence-electron chi connectivity index (χ2n) is 5.16. The summed E-state index contributed by atoms with van der Waals surface area (Å²) < 4.78 is 0. The van der Waals surface area contributed by atoms with E-state index in [2.05, 4.69) is 35.9 Å². The van der Waals surface area contributed by atoms with E-state index < -0.39 is 0 Å². The summed E-state index contributed by atoms with van der Waals surface area (Å²) in [6.07, 6.45) is 0. The number of benzene rings is 2. The molecule has 0 aliphatic rings. The Labute approximate surface area is 123 Å². The van der Waals surface area contributed by atoms with Gasteiger partial charge in [0.25, 0.3) is 0 Å². The van der Waals surface area contributed by atoms with E-state index in [1.54, 1.807) is 0 Å². The van der Waals surface area contributed by atoms with Crippen molar-refractivity contribution >= 4 is 22.5 Å². The summed E-state index contributed by atoms with van der Waals surface area (Å²) in [6.45, 7) is 6.22. The first-order chi connectivity index (χ1) is 9.54. The molecule has 3 rings (SSSR count). The standard InChI is InChI=1S/C17H15ClN2/c1-10-4-7-15-14(8-10)16(18)20-17(19-15)13-6-5-11(2)12(3)9-13/h4-9H,1-3H3. The molecule has 1 aromatic heterocycles. The van der Waals surface area contributed by atoms with Gasteiger partial charge in [0.15, 0.2) is 5.82 Å². The Morgan fingerprint density at radius 2 is 1.65 bits per heavy atom. The molecule has 2 aromatic carbocycles. The number of nitrogens with zero attached hydrogens (tertiary/aromatic N) is 2. The van der Waals surface area contributed by atoms with Crippen LogP contribution < -0.4 is 0 Å². The molecule has 0 fully saturated rings. The number of aryl methyl sites for hydroxylation is 3. The summed E-state index contributed by atoms with van der Waals surface area (Å²) in [5.41, 5.74) is 5.52. The van der Waals surface area contributed by atoms with Gasteiger partial charge in [-0.2, -0.15) is 0 Å². The van der Waals surface area contributed by atoms with Crippen LogP contribution in [0.4, 0.5) is 0 Å². The van der Waals surface area contributed by atoms with Gasteiger partial charge in [0.2, 0.25) is 0 Å². The van der Waals surface area contributed by atoms with Crippen LogP contribution in [0.3, 0.4) is 0 Å². The molecule has 1 heterocycles. The van der Waals surface area contributed by atoms with Crippen molar-refractivity contribution in [3.8, 4) is 11.4 Å². The van der Waals surface area contributed by atoms with E-state index in [9.17, 15) is 0 Å². The molecule has 20 heavy (non-hydrogen) atoms. The van der Waals surface area contributed by atoms with E-state index >= 15 is 0 Å². The van der Waals surface area contributed by atoms with Crippen molar-refractivity contribution in [1.29, 1.82) is 0 Å². The van der Waals surface area contributed by atoms with Crippen molar-refractivity contribution < 1.29 is 0 Å². The summed E-state index contributed by atoms with van der Waals surface area (Å²) in [4.78, 5) is 9.06. The maximum absolute atomic E-state index is 6.30. The minimum atomic E-state index is 0.506. The SMILES string of the molecule is Cc1ccc2nc(-c3ccc(C)c(C)c3)nc(Cl)c2c1. The number of halogens is 1. The van der Waals surface area contributed by atoms with Crippen LogP contribution in [0.25, 0.3) is 22.3 Å². The smallest absolute Gasteiger partial charge is 0.161 e. The highest BCUT2D eigenvalue weighted by atomic mass is 35.5. The largest absolute Gasteiger partial charge is 0.228 e. The summed E-state index contributed by atoms with van der Waals surface area (Å²) in [5, 5.41) is 1.41. The van der Waals surface area contributed by atoms with Gasteiger partial charge in [-0.15, -0.1) is 0 Å². The highest BCUT2D eigenvalue weighted by Crippen LogP contribution is 2.26. The second-order valence-corrected chi connectivity index (χ2v) is 5.52. The Kier molecular flexibility index (Phi) is 3.19. The van der Waals surface area contributed by atoms with Gasteiger partial charge in [0.05, 0.1) is 5.52 Å². The zero-order valence-electron chi connectivity index (χ0n) is 11.7. The van der Waals surface area contributed by atoms with E-state index in [4.69, 9.17) is 11.6 Å². The van der Waals surface area contributed by atoms with Crippen LogP contribution in [0.15, 0.2) is 36.4 Å². The molecule has 3 heteroatoms. The van der Waals surface area contributed by atoms with E-state index in [1.807, 2.05) is 31.2 Å². The Morgan fingerprint density at radius 3 is 2.40 bits per heavy atom. The van der Waals surface area contributed by atoms with E-state index in [0.29, 0.717) is 11.0 Å². The molecule has 0 atom stereocenters. The van der Waals surface area contributed by atoms with Crippen molar-refractivity contribution in [3.63, 3.8) is 0 Å². The first kappa shape index (κ1) is 13.1. The van der Waals surface area contributed by atoms with Crippen LogP contribution in [0, 0.1) is 20.8 Å². The molecule has 0 unspecified atom stereocenters. The van der Waals surface area contributed by atoms with E-state index in [0.717, 1.165) is 22.0 Å². The third-order valence-electron chi connectivity index (χ3n) is 3.57. The van der Waals surface area contributed by atoms with E-state index in [1.165, 1.54) is 11.1 Å². The van der Waals surface area contributed by atoms with Gasteiger partial charge < -0.3 is 0 Å². The molecule has 0 aliphatic carbocycles. The van der Waals surface area contributed by atoms with Crippen LogP contribution in [0.2, 0.25) is 5.15 Å². The lowest BCUT2D eigenvalue weighted by molar-refractivity contribution is 1.21. The van der Waals surface area contributed by atoms with Gasteiger partial charge in [0, 0.05) is 10.9 Å².